The Morgan fingerprint density at radius 1 is 1.44 bits per heavy atom. The summed E-state index contributed by atoms with van der Waals surface area (Å²) in [7, 11) is 0. The van der Waals surface area contributed by atoms with E-state index in [1.165, 1.54) is 5.56 Å². The van der Waals surface area contributed by atoms with Gasteiger partial charge < -0.3 is 15.7 Å². The van der Waals surface area contributed by atoms with Gasteiger partial charge in [-0.3, -0.25) is 4.99 Å². The van der Waals surface area contributed by atoms with Crippen molar-refractivity contribution in [3.8, 4) is 0 Å². The van der Waals surface area contributed by atoms with Gasteiger partial charge >= 0.3 is 0 Å². The molecule has 0 aromatic heterocycles. The zero-order valence-corrected chi connectivity index (χ0v) is 9.45. The molecular formula is C12H17N3O. The van der Waals surface area contributed by atoms with Crippen LogP contribution in [0.1, 0.15) is 16.7 Å². The smallest absolute Gasteiger partial charge is 0.191 e. The van der Waals surface area contributed by atoms with E-state index in [1.807, 2.05) is 19.1 Å². The van der Waals surface area contributed by atoms with Crippen LogP contribution in [0.25, 0.3) is 0 Å². The van der Waals surface area contributed by atoms with Gasteiger partial charge in [0.2, 0.25) is 0 Å². The van der Waals surface area contributed by atoms with Crippen molar-refractivity contribution < 1.29 is 5.11 Å². The summed E-state index contributed by atoms with van der Waals surface area (Å²) in [5, 5.41) is 15.6. The first kappa shape index (κ1) is 11.0. The van der Waals surface area contributed by atoms with Crippen molar-refractivity contribution in [2.45, 2.75) is 20.1 Å². The summed E-state index contributed by atoms with van der Waals surface area (Å²) in [5.74, 6) is 0.869. The average Bonchev–Trinajstić information content (AvgIpc) is 2.81. The molecule has 0 unspecified atom stereocenters. The molecule has 0 fully saturated rings. The molecule has 0 bridgehead atoms. The molecule has 0 saturated heterocycles. The monoisotopic (exact) mass is 219 g/mol. The number of aliphatic hydroxyl groups is 1. The average molecular weight is 219 g/mol. The molecule has 0 saturated carbocycles. The molecule has 1 aromatic rings. The van der Waals surface area contributed by atoms with E-state index in [0.717, 1.165) is 36.7 Å². The van der Waals surface area contributed by atoms with E-state index in [-0.39, 0.29) is 6.61 Å². The highest BCUT2D eigenvalue weighted by molar-refractivity contribution is 5.81. The summed E-state index contributed by atoms with van der Waals surface area (Å²) in [5.41, 5.74) is 3.33. The van der Waals surface area contributed by atoms with E-state index >= 15 is 0 Å². The molecule has 2 rings (SSSR count). The van der Waals surface area contributed by atoms with Crippen LogP contribution in [0.2, 0.25) is 0 Å². The fraction of sp³-hybridized carbons (Fsp3) is 0.417. The summed E-state index contributed by atoms with van der Waals surface area (Å²) in [4.78, 5) is 4.27. The molecule has 86 valence electrons. The largest absolute Gasteiger partial charge is 0.392 e. The Balaban J connectivity index is 2.03. The maximum atomic E-state index is 9.17. The van der Waals surface area contributed by atoms with Crippen molar-refractivity contribution in [1.82, 2.24) is 10.6 Å². The van der Waals surface area contributed by atoms with Crippen LogP contribution in [0.3, 0.4) is 0 Å². The number of benzene rings is 1. The van der Waals surface area contributed by atoms with E-state index in [0.29, 0.717) is 0 Å². The summed E-state index contributed by atoms with van der Waals surface area (Å²) >= 11 is 0. The lowest BCUT2D eigenvalue weighted by Crippen LogP contribution is -2.33. The van der Waals surface area contributed by atoms with Gasteiger partial charge in [0.05, 0.1) is 13.2 Å². The third-order valence-electron chi connectivity index (χ3n) is 2.85. The third-order valence-corrected chi connectivity index (χ3v) is 2.85. The Kier molecular flexibility index (Phi) is 3.41. The van der Waals surface area contributed by atoms with Crippen molar-refractivity contribution in [3.63, 3.8) is 0 Å². The van der Waals surface area contributed by atoms with Crippen molar-refractivity contribution in [2.24, 2.45) is 4.99 Å². The second kappa shape index (κ2) is 4.99. The van der Waals surface area contributed by atoms with Crippen molar-refractivity contribution in [2.75, 3.05) is 13.1 Å². The normalized spacial score (nSPS) is 14.5. The highest BCUT2D eigenvalue weighted by Crippen LogP contribution is 2.13. The van der Waals surface area contributed by atoms with Crippen LogP contribution < -0.4 is 10.6 Å². The predicted octanol–water partition coefficient (Wildman–Crippen LogP) is 0.536. The van der Waals surface area contributed by atoms with Gasteiger partial charge in [-0.15, -0.1) is 0 Å². The second-order valence-corrected chi connectivity index (χ2v) is 3.87. The van der Waals surface area contributed by atoms with Gasteiger partial charge in [0.25, 0.3) is 0 Å². The lowest BCUT2D eigenvalue weighted by atomic mass is 10.0. The molecule has 1 heterocycles. The zero-order valence-electron chi connectivity index (χ0n) is 9.45. The van der Waals surface area contributed by atoms with E-state index in [1.54, 1.807) is 0 Å². The van der Waals surface area contributed by atoms with Crippen LogP contribution in [0.5, 0.6) is 0 Å². The minimum absolute atomic E-state index is 0.0961. The molecule has 1 aliphatic rings. The van der Waals surface area contributed by atoms with Gasteiger partial charge in [0, 0.05) is 13.1 Å². The number of rotatable bonds is 3. The SMILES string of the molecule is Cc1c(CO)cccc1CNC1=NCCN1. The van der Waals surface area contributed by atoms with Gasteiger partial charge in [0.15, 0.2) is 5.96 Å². The van der Waals surface area contributed by atoms with Crippen LogP contribution in [0.15, 0.2) is 23.2 Å². The molecule has 4 nitrogen and oxygen atoms in total. The minimum atomic E-state index is 0.0961. The van der Waals surface area contributed by atoms with Crippen LogP contribution in [-0.2, 0) is 13.2 Å². The van der Waals surface area contributed by atoms with Crippen LogP contribution in [-0.4, -0.2) is 24.2 Å². The fourth-order valence-corrected chi connectivity index (χ4v) is 1.79. The van der Waals surface area contributed by atoms with Crippen molar-refractivity contribution in [3.05, 3.63) is 34.9 Å². The van der Waals surface area contributed by atoms with E-state index in [2.05, 4.69) is 21.7 Å². The quantitative estimate of drug-likeness (QED) is 0.695. The van der Waals surface area contributed by atoms with Gasteiger partial charge in [-0.05, 0) is 23.6 Å². The number of guanidine groups is 1. The molecule has 0 radical (unpaired) electrons. The Morgan fingerprint density at radius 2 is 2.25 bits per heavy atom. The van der Waals surface area contributed by atoms with Crippen LogP contribution >= 0.6 is 0 Å². The van der Waals surface area contributed by atoms with E-state index in [9.17, 15) is 0 Å². The standard InChI is InChI=1S/C12H17N3O/c1-9-10(3-2-4-11(9)8-16)7-15-12-13-5-6-14-12/h2-4,16H,5-8H2,1H3,(H2,13,14,15). The lowest BCUT2D eigenvalue weighted by Gasteiger charge is -2.11. The van der Waals surface area contributed by atoms with Crippen molar-refractivity contribution >= 4 is 5.96 Å². The zero-order chi connectivity index (χ0) is 11.4. The van der Waals surface area contributed by atoms with Crippen LogP contribution in [0.4, 0.5) is 0 Å². The number of hydrogen-bond donors (Lipinski definition) is 3. The fourth-order valence-electron chi connectivity index (χ4n) is 1.79. The number of nitrogens with one attached hydrogen (secondary N) is 2. The molecule has 0 aliphatic carbocycles. The van der Waals surface area contributed by atoms with Gasteiger partial charge in [-0.1, -0.05) is 18.2 Å². The van der Waals surface area contributed by atoms with Crippen molar-refractivity contribution in [1.29, 1.82) is 0 Å². The molecule has 1 aliphatic heterocycles. The molecule has 1 aromatic carbocycles. The second-order valence-electron chi connectivity index (χ2n) is 3.87. The Morgan fingerprint density at radius 3 is 2.94 bits per heavy atom. The molecule has 4 heteroatoms. The summed E-state index contributed by atoms with van der Waals surface area (Å²) in [6.07, 6.45) is 0. The predicted molar refractivity (Wildman–Crippen MR) is 64.2 cm³/mol. The summed E-state index contributed by atoms with van der Waals surface area (Å²) in [6.45, 7) is 4.63. The van der Waals surface area contributed by atoms with Gasteiger partial charge in [-0.25, -0.2) is 0 Å². The number of aliphatic imine (C=N–C) groups is 1. The summed E-state index contributed by atoms with van der Waals surface area (Å²) in [6, 6.07) is 5.99. The molecular weight excluding hydrogens is 202 g/mol. The number of aliphatic hydroxyl groups excluding tert-OH is 1. The van der Waals surface area contributed by atoms with Gasteiger partial charge in [-0.2, -0.15) is 0 Å². The maximum absolute atomic E-state index is 9.17. The topological polar surface area (TPSA) is 56.6 Å². The summed E-state index contributed by atoms with van der Waals surface area (Å²) < 4.78 is 0. The number of hydrogen-bond acceptors (Lipinski definition) is 4. The molecule has 0 amide bonds. The van der Waals surface area contributed by atoms with Gasteiger partial charge in [0.1, 0.15) is 0 Å². The third kappa shape index (κ3) is 2.33. The van der Waals surface area contributed by atoms with Crippen LogP contribution in [0, 0.1) is 6.92 Å². The maximum Gasteiger partial charge on any atom is 0.191 e. The highest BCUT2D eigenvalue weighted by Gasteiger charge is 2.06. The molecule has 0 atom stereocenters. The first-order valence-corrected chi connectivity index (χ1v) is 5.51. The Hall–Kier alpha value is -1.55. The minimum Gasteiger partial charge on any atom is -0.392 e. The highest BCUT2D eigenvalue weighted by atomic mass is 16.3. The Labute approximate surface area is 95.4 Å². The first-order valence-electron chi connectivity index (χ1n) is 5.51. The number of nitrogens with zero attached hydrogens (tertiary/aromatic N) is 1. The molecule has 3 N–H and O–H groups in total. The van der Waals surface area contributed by atoms with E-state index < -0.39 is 0 Å². The molecule has 16 heavy (non-hydrogen) atoms. The lowest BCUT2D eigenvalue weighted by molar-refractivity contribution is 0.281. The molecule has 0 spiro atoms. The Bertz CT molecular complexity index is 401. The van der Waals surface area contributed by atoms with E-state index in [4.69, 9.17) is 5.11 Å². The first-order chi connectivity index (χ1) is 7.81.